The maximum Gasteiger partial charge on any atom is 0.243 e. The third-order valence-corrected chi connectivity index (χ3v) is 5.89. The van der Waals surface area contributed by atoms with Gasteiger partial charge in [0.1, 0.15) is 0 Å². The van der Waals surface area contributed by atoms with E-state index in [1.54, 1.807) is 25.2 Å². The maximum absolute atomic E-state index is 12.8. The number of benzene rings is 1. The van der Waals surface area contributed by atoms with Crippen molar-refractivity contribution in [3.63, 3.8) is 0 Å². The lowest BCUT2D eigenvalue weighted by atomic mass is 10.2. The lowest BCUT2D eigenvalue weighted by Gasteiger charge is -2.35. The second-order valence-electron chi connectivity index (χ2n) is 5.35. The highest BCUT2D eigenvalue weighted by molar-refractivity contribution is 7.89. The first-order chi connectivity index (χ1) is 9.86. The lowest BCUT2D eigenvalue weighted by molar-refractivity contribution is -0.0170. The van der Waals surface area contributed by atoms with E-state index in [1.165, 1.54) is 4.31 Å². The van der Waals surface area contributed by atoms with Gasteiger partial charge in [-0.1, -0.05) is 11.6 Å². The van der Waals surface area contributed by atoms with Crippen LogP contribution < -0.4 is 5.32 Å². The predicted octanol–water partition coefficient (Wildman–Crippen LogP) is 1.86. The lowest BCUT2D eigenvalue weighted by Crippen LogP contribution is -2.50. The Bertz CT molecular complexity index is 606. The highest BCUT2D eigenvalue weighted by Crippen LogP contribution is 2.26. The Morgan fingerprint density at radius 1 is 1.43 bits per heavy atom. The number of nitrogens with one attached hydrogen (secondary N) is 1. The molecule has 0 spiro atoms. The van der Waals surface area contributed by atoms with Gasteiger partial charge in [0.15, 0.2) is 0 Å². The molecule has 1 N–H and O–H groups in total. The second kappa shape index (κ2) is 6.62. The van der Waals surface area contributed by atoms with Crippen molar-refractivity contribution in [3.8, 4) is 0 Å². The Kier molecular flexibility index (Phi) is 5.27. The van der Waals surface area contributed by atoms with Crippen LogP contribution in [-0.2, 0) is 21.3 Å². The normalized spacial score (nSPS) is 24.2. The van der Waals surface area contributed by atoms with Crippen molar-refractivity contribution in [2.24, 2.45) is 0 Å². The van der Waals surface area contributed by atoms with Crippen LogP contribution in [0.3, 0.4) is 0 Å². The molecule has 1 aliphatic rings. The van der Waals surface area contributed by atoms with E-state index in [0.29, 0.717) is 24.7 Å². The molecule has 1 saturated heterocycles. The van der Waals surface area contributed by atoms with Crippen LogP contribution >= 0.6 is 11.6 Å². The average molecular weight is 333 g/mol. The number of nitrogens with zero attached hydrogens (tertiary/aromatic N) is 1. The molecule has 1 fully saturated rings. The summed E-state index contributed by atoms with van der Waals surface area (Å²) in [5.74, 6) is 0. The molecule has 5 nitrogen and oxygen atoms in total. The van der Waals surface area contributed by atoms with Gasteiger partial charge in [-0.15, -0.1) is 0 Å². The third-order valence-electron chi connectivity index (χ3n) is 3.54. The zero-order chi connectivity index (χ0) is 15.6. The van der Waals surface area contributed by atoms with E-state index in [9.17, 15) is 8.42 Å². The maximum atomic E-state index is 12.8. The van der Waals surface area contributed by atoms with Crippen LogP contribution in [0.4, 0.5) is 0 Å². The minimum absolute atomic E-state index is 0.0972. The number of halogens is 1. The highest BCUT2D eigenvalue weighted by Gasteiger charge is 2.34. The Balaban J connectivity index is 2.36. The summed E-state index contributed by atoms with van der Waals surface area (Å²) in [5, 5.41) is 3.55. The molecular formula is C14H21ClN2O3S. The second-order valence-corrected chi connectivity index (χ2v) is 7.65. The van der Waals surface area contributed by atoms with Gasteiger partial charge in [0.25, 0.3) is 0 Å². The molecule has 0 saturated carbocycles. The van der Waals surface area contributed by atoms with Crippen LogP contribution in [0.1, 0.15) is 19.4 Å². The van der Waals surface area contributed by atoms with Crippen molar-refractivity contribution in [1.82, 2.24) is 9.62 Å². The molecule has 118 valence electrons. The summed E-state index contributed by atoms with van der Waals surface area (Å²) < 4.78 is 32.6. The van der Waals surface area contributed by atoms with Crippen LogP contribution in [0.5, 0.6) is 0 Å². The molecule has 2 atom stereocenters. The van der Waals surface area contributed by atoms with Crippen molar-refractivity contribution < 1.29 is 13.2 Å². The molecule has 0 radical (unpaired) electrons. The summed E-state index contributed by atoms with van der Waals surface area (Å²) in [4.78, 5) is 0.276. The zero-order valence-electron chi connectivity index (χ0n) is 12.5. The Morgan fingerprint density at radius 3 is 2.81 bits per heavy atom. The standard InChI is InChI=1S/C14H21ClN2O3S/c1-10-9-20-11(2)8-17(10)21(18,19)13-4-5-14(15)12(6-13)7-16-3/h4-6,10-11,16H,7-9H2,1-3H3. The van der Waals surface area contributed by atoms with E-state index >= 15 is 0 Å². The van der Waals surface area contributed by atoms with Crippen molar-refractivity contribution in [2.45, 2.75) is 37.4 Å². The molecule has 1 heterocycles. The van der Waals surface area contributed by atoms with Crippen LogP contribution in [0.2, 0.25) is 5.02 Å². The van der Waals surface area contributed by atoms with E-state index in [0.717, 1.165) is 5.56 Å². The van der Waals surface area contributed by atoms with Gasteiger partial charge in [0, 0.05) is 24.2 Å². The molecule has 0 bridgehead atoms. The summed E-state index contributed by atoms with van der Waals surface area (Å²) in [6.07, 6.45) is -0.0972. The Morgan fingerprint density at radius 2 is 2.14 bits per heavy atom. The molecule has 7 heteroatoms. The van der Waals surface area contributed by atoms with Crippen LogP contribution in [-0.4, -0.2) is 45.1 Å². The number of hydrogen-bond acceptors (Lipinski definition) is 4. The number of hydrogen-bond donors (Lipinski definition) is 1. The molecule has 0 aliphatic carbocycles. The van der Waals surface area contributed by atoms with E-state index in [1.807, 2.05) is 13.8 Å². The van der Waals surface area contributed by atoms with E-state index in [4.69, 9.17) is 16.3 Å². The van der Waals surface area contributed by atoms with Crippen molar-refractivity contribution >= 4 is 21.6 Å². The van der Waals surface area contributed by atoms with Gasteiger partial charge in [-0.25, -0.2) is 8.42 Å². The van der Waals surface area contributed by atoms with Gasteiger partial charge in [0.05, 0.1) is 17.6 Å². The minimum atomic E-state index is -3.53. The number of sulfonamides is 1. The molecule has 0 amide bonds. The average Bonchev–Trinajstić information content (AvgIpc) is 2.44. The fourth-order valence-electron chi connectivity index (χ4n) is 2.38. The smallest absolute Gasteiger partial charge is 0.243 e. The van der Waals surface area contributed by atoms with Gasteiger partial charge >= 0.3 is 0 Å². The highest BCUT2D eigenvalue weighted by atomic mass is 35.5. The van der Waals surface area contributed by atoms with E-state index < -0.39 is 10.0 Å². The van der Waals surface area contributed by atoms with Gasteiger partial charge in [-0.3, -0.25) is 0 Å². The van der Waals surface area contributed by atoms with Crippen molar-refractivity contribution in [1.29, 1.82) is 0 Å². The summed E-state index contributed by atoms with van der Waals surface area (Å²) in [6, 6.07) is 4.66. The SMILES string of the molecule is CNCc1cc(S(=O)(=O)N2CC(C)OCC2C)ccc1Cl. The molecule has 2 rings (SSSR count). The molecule has 1 aromatic rings. The van der Waals surface area contributed by atoms with Crippen molar-refractivity contribution in [2.75, 3.05) is 20.2 Å². The van der Waals surface area contributed by atoms with Crippen LogP contribution in [0, 0.1) is 0 Å². The molecule has 0 aromatic heterocycles. The fourth-order valence-corrected chi connectivity index (χ4v) is 4.31. The monoisotopic (exact) mass is 332 g/mol. The van der Waals surface area contributed by atoms with Gasteiger partial charge in [0.2, 0.25) is 10.0 Å². The first kappa shape index (κ1) is 16.7. The molecule has 1 aliphatic heterocycles. The molecule has 21 heavy (non-hydrogen) atoms. The summed E-state index contributed by atoms with van der Waals surface area (Å²) in [5.41, 5.74) is 0.772. The van der Waals surface area contributed by atoms with Gasteiger partial charge < -0.3 is 10.1 Å². The predicted molar refractivity (Wildman–Crippen MR) is 83.0 cm³/mol. The van der Waals surface area contributed by atoms with Crippen LogP contribution in [0.15, 0.2) is 23.1 Å². The molecule has 1 aromatic carbocycles. The zero-order valence-corrected chi connectivity index (χ0v) is 14.0. The van der Waals surface area contributed by atoms with Gasteiger partial charge in [-0.05, 0) is 44.7 Å². The van der Waals surface area contributed by atoms with E-state index in [-0.39, 0.29) is 17.0 Å². The third kappa shape index (κ3) is 3.57. The number of rotatable bonds is 4. The Labute approximate surface area is 131 Å². The molecular weight excluding hydrogens is 312 g/mol. The molecule has 2 unspecified atom stereocenters. The first-order valence-corrected chi connectivity index (χ1v) is 8.74. The minimum Gasteiger partial charge on any atom is -0.375 e. The number of ether oxygens (including phenoxy) is 1. The fraction of sp³-hybridized carbons (Fsp3) is 0.571. The van der Waals surface area contributed by atoms with Gasteiger partial charge in [-0.2, -0.15) is 4.31 Å². The Hall–Kier alpha value is -0.660. The number of morpholine rings is 1. The largest absolute Gasteiger partial charge is 0.375 e. The summed E-state index contributed by atoms with van der Waals surface area (Å²) in [7, 11) is -1.74. The van der Waals surface area contributed by atoms with Crippen molar-refractivity contribution in [3.05, 3.63) is 28.8 Å². The topological polar surface area (TPSA) is 58.6 Å². The summed E-state index contributed by atoms with van der Waals surface area (Å²) >= 11 is 6.09. The summed E-state index contributed by atoms with van der Waals surface area (Å²) in [6.45, 7) is 5.04. The first-order valence-electron chi connectivity index (χ1n) is 6.92. The quantitative estimate of drug-likeness (QED) is 0.914. The van der Waals surface area contributed by atoms with E-state index in [2.05, 4.69) is 5.32 Å². The van der Waals surface area contributed by atoms with Crippen LogP contribution in [0.25, 0.3) is 0 Å².